The predicted molar refractivity (Wildman–Crippen MR) is 47.3 cm³/mol. The summed E-state index contributed by atoms with van der Waals surface area (Å²) in [6.45, 7) is 0. The highest BCUT2D eigenvalue weighted by atomic mass is 19.2. The number of nitrogens with zero attached hydrogens (tertiary/aromatic N) is 2. The Bertz CT molecular complexity index is 486. The largest absolute Gasteiger partial charge is 0.204 e. The van der Waals surface area contributed by atoms with E-state index < -0.39 is 17.5 Å². The minimum absolute atomic E-state index is 0.109. The molecule has 0 amide bonds. The third-order valence-electron chi connectivity index (χ3n) is 1.88. The monoisotopic (exact) mass is 210 g/mol. The topological polar surface area (TPSA) is 25.8 Å². The van der Waals surface area contributed by atoms with Crippen molar-refractivity contribution in [2.45, 2.75) is 0 Å². The van der Waals surface area contributed by atoms with Gasteiger partial charge in [-0.2, -0.15) is 10.2 Å². The van der Waals surface area contributed by atoms with E-state index in [2.05, 4.69) is 10.2 Å². The van der Waals surface area contributed by atoms with Crippen LogP contribution in [-0.2, 0) is 0 Å². The van der Waals surface area contributed by atoms with Crippen LogP contribution in [0.5, 0.6) is 0 Å². The van der Waals surface area contributed by atoms with Crippen molar-refractivity contribution in [3.05, 3.63) is 47.9 Å². The molecule has 0 saturated carbocycles. The summed E-state index contributed by atoms with van der Waals surface area (Å²) in [4.78, 5) is 0. The molecule has 5 heteroatoms. The van der Waals surface area contributed by atoms with Crippen LogP contribution in [0.15, 0.2) is 30.5 Å². The first-order valence-corrected chi connectivity index (χ1v) is 4.11. The van der Waals surface area contributed by atoms with Crippen molar-refractivity contribution in [2.75, 3.05) is 0 Å². The minimum atomic E-state index is -1.50. The molecule has 1 aromatic heterocycles. The van der Waals surface area contributed by atoms with Crippen LogP contribution in [0.1, 0.15) is 0 Å². The molecule has 0 spiro atoms. The maximum absolute atomic E-state index is 13.3. The number of benzene rings is 1. The fraction of sp³-hybridized carbons (Fsp3) is 0. The Morgan fingerprint density at radius 1 is 0.933 bits per heavy atom. The van der Waals surface area contributed by atoms with Crippen LogP contribution in [-0.4, -0.2) is 10.2 Å². The predicted octanol–water partition coefficient (Wildman–Crippen LogP) is 2.56. The Balaban J connectivity index is 2.60. The lowest BCUT2D eigenvalue weighted by molar-refractivity contribution is 0.448. The molecule has 1 heterocycles. The van der Waals surface area contributed by atoms with Gasteiger partial charge in [0.25, 0.3) is 0 Å². The summed E-state index contributed by atoms with van der Waals surface area (Å²) in [5.74, 6) is -3.98. The highest BCUT2D eigenvalue weighted by molar-refractivity contribution is 5.59. The highest BCUT2D eigenvalue weighted by Gasteiger charge is 2.15. The molecule has 2 nitrogen and oxygen atoms in total. The molecular formula is C10H5F3N2. The van der Waals surface area contributed by atoms with Gasteiger partial charge in [0.2, 0.25) is 0 Å². The van der Waals surface area contributed by atoms with Crippen LogP contribution in [0.25, 0.3) is 11.3 Å². The fourth-order valence-corrected chi connectivity index (χ4v) is 1.17. The second-order valence-corrected chi connectivity index (χ2v) is 2.83. The first-order valence-electron chi connectivity index (χ1n) is 4.11. The summed E-state index contributed by atoms with van der Waals surface area (Å²) in [5.41, 5.74) is 0.0518. The smallest absolute Gasteiger partial charge is 0.195 e. The lowest BCUT2D eigenvalue weighted by atomic mass is 10.1. The molecule has 0 aliphatic heterocycles. The lowest BCUT2D eigenvalue weighted by Crippen LogP contribution is -1.95. The first-order chi connectivity index (χ1) is 7.20. The van der Waals surface area contributed by atoms with Gasteiger partial charge >= 0.3 is 0 Å². The van der Waals surface area contributed by atoms with Gasteiger partial charge in [-0.3, -0.25) is 0 Å². The average Bonchev–Trinajstić information content (AvgIpc) is 2.27. The maximum Gasteiger partial charge on any atom is 0.195 e. The van der Waals surface area contributed by atoms with E-state index in [0.29, 0.717) is 0 Å². The zero-order chi connectivity index (χ0) is 10.8. The summed E-state index contributed by atoms with van der Waals surface area (Å²) in [6.07, 6.45) is 1.40. The van der Waals surface area contributed by atoms with Gasteiger partial charge in [0.15, 0.2) is 17.5 Å². The SMILES string of the molecule is Fc1ccc(-c2cccnn2)c(F)c1F. The maximum atomic E-state index is 13.3. The van der Waals surface area contributed by atoms with Gasteiger partial charge < -0.3 is 0 Å². The number of hydrogen-bond acceptors (Lipinski definition) is 2. The van der Waals surface area contributed by atoms with Crippen LogP contribution in [0.2, 0.25) is 0 Å². The molecular weight excluding hydrogens is 205 g/mol. The minimum Gasteiger partial charge on any atom is -0.204 e. The molecule has 0 N–H and O–H groups in total. The Hall–Kier alpha value is -1.91. The number of aromatic nitrogens is 2. The third-order valence-corrected chi connectivity index (χ3v) is 1.88. The Labute approximate surface area is 83.4 Å². The standard InChI is InChI=1S/C10H5F3N2/c11-7-4-3-6(9(12)10(7)13)8-2-1-5-14-15-8/h1-5H. The van der Waals surface area contributed by atoms with Gasteiger partial charge in [-0.15, -0.1) is 0 Å². The van der Waals surface area contributed by atoms with Gasteiger partial charge in [0.1, 0.15) is 0 Å². The summed E-state index contributed by atoms with van der Waals surface area (Å²) in [6, 6.07) is 4.96. The van der Waals surface area contributed by atoms with E-state index in [-0.39, 0.29) is 11.3 Å². The zero-order valence-corrected chi connectivity index (χ0v) is 7.42. The molecule has 0 atom stereocenters. The number of rotatable bonds is 1. The quantitative estimate of drug-likeness (QED) is 0.676. The van der Waals surface area contributed by atoms with Crippen molar-refractivity contribution in [1.29, 1.82) is 0 Å². The van der Waals surface area contributed by atoms with Gasteiger partial charge in [-0.1, -0.05) is 0 Å². The molecule has 76 valence electrons. The Kier molecular flexibility index (Phi) is 2.37. The molecule has 0 aliphatic rings. The van der Waals surface area contributed by atoms with E-state index in [1.165, 1.54) is 18.3 Å². The molecule has 1 aromatic carbocycles. The van der Waals surface area contributed by atoms with Crippen molar-refractivity contribution in [3.63, 3.8) is 0 Å². The lowest BCUT2D eigenvalue weighted by Gasteiger charge is -2.02. The molecule has 15 heavy (non-hydrogen) atoms. The Morgan fingerprint density at radius 3 is 2.40 bits per heavy atom. The summed E-state index contributed by atoms with van der Waals surface area (Å²) >= 11 is 0. The van der Waals surface area contributed by atoms with Crippen molar-refractivity contribution < 1.29 is 13.2 Å². The zero-order valence-electron chi connectivity index (χ0n) is 7.42. The molecule has 0 unspecified atom stereocenters. The van der Waals surface area contributed by atoms with E-state index in [9.17, 15) is 13.2 Å². The molecule has 2 aromatic rings. The molecule has 2 rings (SSSR count). The van der Waals surface area contributed by atoms with E-state index in [0.717, 1.165) is 12.1 Å². The van der Waals surface area contributed by atoms with Crippen LogP contribution < -0.4 is 0 Å². The summed E-state index contributed by atoms with van der Waals surface area (Å²) in [7, 11) is 0. The normalized spacial score (nSPS) is 10.3. The van der Waals surface area contributed by atoms with E-state index in [1.54, 1.807) is 0 Å². The van der Waals surface area contributed by atoms with E-state index >= 15 is 0 Å². The van der Waals surface area contributed by atoms with Gasteiger partial charge in [-0.05, 0) is 24.3 Å². The second-order valence-electron chi connectivity index (χ2n) is 2.83. The van der Waals surface area contributed by atoms with Crippen molar-refractivity contribution in [1.82, 2.24) is 10.2 Å². The number of hydrogen-bond donors (Lipinski definition) is 0. The average molecular weight is 210 g/mol. The van der Waals surface area contributed by atoms with Crippen molar-refractivity contribution in [3.8, 4) is 11.3 Å². The fourth-order valence-electron chi connectivity index (χ4n) is 1.17. The molecule has 0 aliphatic carbocycles. The number of halogens is 3. The van der Waals surface area contributed by atoms with Crippen LogP contribution in [0.3, 0.4) is 0 Å². The first kappa shape index (κ1) is 9.64. The Morgan fingerprint density at radius 2 is 1.73 bits per heavy atom. The molecule has 0 bridgehead atoms. The summed E-state index contributed by atoms with van der Waals surface area (Å²) < 4.78 is 38.8. The molecule has 0 radical (unpaired) electrons. The highest BCUT2D eigenvalue weighted by Crippen LogP contribution is 2.23. The van der Waals surface area contributed by atoms with Crippen LogP contribution in [0.4, 0.5) is 13.2 Å². The van der Waals surface area contributed by atoms with E-state index in [4.69, 9.17) is 0 Å². The van der Waals surface area contributed by atoms with Crippen LogP contribution >= 0.6 is 0 Å². The third kappa shape index (κ3) is 1.68. The second kappa shape index (κ2) is 3.68. The van der Waals surface area contributed by atoms with Crippen molar-refractivity contribution in [2.24, 2.45) is 0 Å². The van der Waals surface area contributed by atoms with Gasteiger partial charge in [0, 0.05) is 11.8 Å². The van der Waals surface area contributed by atoms with Gasteiger partial charge in [-0.25, -0.2) is 13.2 Å². The molecule has 0 fully saturated rings. The molecule has 0 saturated heterocycles. The van der Waals surface area contributed by atoms with Crippen molar-refractivity contribution >= 4 is 0 Å². The summed E-state index contributed by atoms with van der Waals surface area (Å²) in [5, 5.41) is 7.12. The van der Waals surface area contributed by atoms with Crippen LogP contribution in [0, 0.1) is 17.5 Å². The van der Waals surface area contributed by atoms with Gasteiger partial charge in [0.05, 0.1) is 5.69 Å². The van der Waals surface area contributed by atoms with E-state index in [1.807, 2.05) is 0 Å².